The molecule has 0 bridgehead atoms. The average Bonchev–Trinajstić information content (AvgIpc) is 2.86. The monoisotopic (exact) mass is 1220 g/mol. The molecule has 446 valence electrons. The minimum absolute atomic E-state index is 0.0364. The summed E-state index contributed by atoms with van der Waals surface area (Å²) in [5.74, 6) is -69.7. The highest BCUT2D eigenvalue weighted by Crippen LogP contribution is 2.67. The Morgan fingerprint density at radius 2 is 0.683 bits per heavy atom. The van der Waals surface area contributed by atoms with Crippen LogP contribution in [0.15, 0.2) is 24.3 Å². The normalized spacial score (nSPS) is 13.1. The van der Waals surface area contributed by atoms with Gasteiger partial charge < -0.3 is 4.43 Å². The van der Waals surface area contributed by atoms with Gasteiger partial charge in [-0.1, -0.05) is 53.7 Å². The molecule has 25 heteroatoms. The van der Waals surface area contributed by atoms with Crippen LogP contribution in [0.4, 0.5) is 92.2 Å². The Kier molecular flexibility index (Phi) is 17.6. The van der Waals surface area contributed by atoms with Gasteiger partial charge in [0.2, 0.25) is 5.82 Å². The first kappa shape index (κ1) is 65.5. The molecule has 0 aliphatic carbocycles. The van der Waals surface area contributed by atoms with Crippen LogP contribution in [0.3, 0.4) is 0 Å². The van der Waals surface area contributed by atoms with Gasteiger partial charge in [-0.2, -0.15) is 4.39 Å². The van der Waals surface area contributed by atoms with Gasteiger partial charge in [-0.15, -0.1) is 21.9 Å². The first-order valence-electron chi connectivity index (χ1n) is 25.2. The van der Waals surface area contributed by atoms with Crippen LogP contribution < -0.4 is 26.3 Å². The van der Waals surface area contributed by atoms with Crippen molar-refractivity contribution in [3.63, 3.8) is 0 Å². The minimum Gasteiger partial charge on any atom is -0.539 e. The van der Waals surface area contributed by atoms with Crippen LogP contribution in [0, 0.1) is 122 Å². The Balaban J connectivity index is 0.000000739. The maximum Gasteiger partial charge on any atom is 0.259 e. The zero-order valence-electron chi connectivity index (χ0n) is 46.5. The second kappa shape index (κ2) is 22.1. The second-order valence-electron chi connectivity index (χ2n) is 24.1. The number of hydrogen-bond donors (Lipinski definition) is 0. The maximum absolute atomic E-state index is 17.9. The van der Waals surface area contributed by atoms with Gasteiger partial charge in [0, 0.05) is 7.92 Å². The number of rotatable bonds is 9. The molecule has 0 atom stereocenters. The topological polar surface area (TPSA) is 9.23 Å². The molecular formula is C57H53BF21OPSi. The number of halogens is 21. The van der Waals surface area contributed by atoms with E-state index in [-0.39, 0.29) is 6.07 Å². The van der Waals surface area contributed by atoms with Crippen molar-refractivity contribution in [1.29, 1.82) is 0 Å². The first-order chi connectivity index (χ1) is 37.4. The molecule has 0 aliphatic heterocycles. The van der Waals surface area contributed by atoms with E-state index in [1.807, 2.05) is 0 Å². The third kappa shape index (κ3) is 9.87. The Hall–Kier alpha value is -5.64. The first-order valence-corrected chi connectivity index (χ1v) is 28.8. The summed E-state index contributed by atoms with van der Waals surface area (Å²) in [6.45, 7) is 30.0. The van der Waals surface area contributed by atoms with Crippen LogP contribution in [0.2, 0.25) is 16.6 Å². The van der Waals surface area contributed by atoms with E-state index in [9.17, 15) is 8.78 Å². The summed E-state index contributed by atoms with van der Waals surface area (Å²) in [5.41, 5.74) is -15.4. The lowest BCUT2D eigenvalue weighted by Crippen LogP contribution is -2.80. The van der Waals surface area contributed by atoms with Gasteiger partial charge in [-0.25, -0.2) is 87.8 Å². The molecule has 7 aromatic rings. The van der Waals surface area contributed by atoms with E-state index in [1.165, 1.54) is 41.5 Å². The lowest BCUT2D eigenvalue weighted by molar-refractivity contribution is 0.381. The zero-order chi connectivity index (χ0) is 62.8. The molecule has 0 spiro atoms. The van der Waals surface area contributed by atoms with Crippen molar-refractivity contribution in [3.05, 3.63) is 146 Å². The highest BCUT2D eigenvalue weighted by Gasteiger charge is 2.54. The molecule has 0 aromatic heterocycles. The Bertz CT molecular complexity index is 3590. The van der Waals surface area contributed by atoms with Crippen LogP contribution >= 0.6 is 7.92 Å². The Morgan fingerprint density at radius 3 is 1.05 bits per heavy atom. The van der Waals surface area contributed by atoms with Gasteiger partial charge >= 0.3 is 0 Å². The maximum atomic E-state index is 17.9. The third-order valence-electron chi connectivity index (χ3n) is 15.0. The summed E-state index contributed by atoms with van der Waals surface area (Å²) in [4.78, 5) is 0. The van der Waals surface area contributed by atoms with Gasteiger partial charge in [0.25, 0.3) is 8.32 Å². The van der Waals surface area contributed by atoms with E-state index in [0.717, 1.165) is 0 Å². The van der Waals surface area contributed by atoms with E-state index < -0.39 is 221 Å². The van der Waals surface area contributed by atoms with Crippen LogP contribution in [-0.4, -0.2) is 29.9 Å². The fourth-order valence-electron chi connectivity index (χ4n) is 13.5. The van der Waals surface area contributed by atoms with Crippen molar-refractivity contribution in [1.82, 2.24) is 0 Å². The van der Waals surface area contributed by atoms with Gasteiger partial charge in [0.05, 0.1) is 31.6 Å². The molecule has 0 amide bonds. The van der Waals surface area contributed by atoms with E-state index >= 15 is 83.4 Å². The molecule has 7 aromatic carbocycles. The molecule has 0 heterocycles. The quantitative estimate of drug-likeness (QED) is 0.0350. The number of fused-ring (bicyclic) bond motifs is 3. The van der Waals surface area contributed by atoms with Gasteiger partial charge in [0.1, 0.15) is 52.7 Å². The lowest BCUT2D eigenvalue weighted by Gasteiger charge is -2.46. The molecule has 1 nitrogen and oxygen atoms in total. The van der Waals surface area contributed by atoms with E-state index in [1.54, 1.807) is 0 Å². The molecule has 0 fully saturated rings. The molecule has 0 N–H and O–H groups in total. The van der Waals surface area contributed by atoms with E-state index in [2.05, 4.69) is 62.3 Å². The van der Waals surface area contributed by atoms with Crippen molar-refractivity contribution < 1.29 is 96.6 Å². The summed E-state index contributed by atoms with van der Waals surface area (Å²) in [7, 11) is -4.45. The molecule has 0 saturated carbocycles. The van der Waals surface area contributed by atoms with Crippen molar-refractivity contribution in [2.45, 2.75) is 136 Å². The van der Waals surface area contributed by atoms with Crippen LogP contribution in [0.5, 0.6) is 5.75 Å². The van der Waals surface area contributed by atoms with Crippen molar-refractivity contribution >= 4 is 76.6 Å². The van der Waals surface area contributed by atoms with Gasteiger partial charge in [-0.05, 0) is 107 Å². The Labute approximate surface area is 460 Å². The predicted molar refractivity (Wildman–Crippen MR) is 281 cm³/mol. The smallest absolute Gasteiger partial charge is 0.259 e. The third-order valence-corrected chi connectivity index (χ3v) is 25.5. The number of hydrogen-bond acceptors (Lipinski definition) is 1. The largest absolute Gasteiger partial charge is 0.539 e. The molecule has 0 saturated heterocycles. The van der Waals surface area contributed by atoms with E-state index in [4.69, 9.17) is 4.43 Å². The lowest BCUT2D eigenvalue weighted by atomic mass is 9.12. The summed E-state index contributed by atoms with van der Waals surface area (Å²) >= 11 is 0. The average molecular weight is 1220 g/mol. The van der Waals surface area contributed by atoms with Gasteiger partial charge in [-0.3, -0.25) is 0 Å². The van der Waals surface area contributed by atoms with Crippen molar-refractivity contribution in [2.75, 3.05) is 0 Å². The van der Waals surface area contributed by atoms with Crippen molar-refractivity contribution in [2.24, 2.45) is 0 Å². The van der Waals surface area contributed by atoms with Crippen LogP contribution in [0.1, 0.15) is 104 Å². The van der Waals surface area contributed by atoms with Gasteiger partial charge in [0.15, 0.2) is 75.6 Å². The standard InChI is InChI=1S/C45H25BF21OSi.C12H27P/c1-11(2)69(12(3)4,13(5)6)68-45-29(52)19-20(28(51)44(45)67)27(50)37(60)31(54)22(19)46(23-32(55)38(61)42(65)39(62)33(23)56,24-34(57)40(63)43(66)41(64)35(24)58)21-15-10-14-8-7-9-16(47)17(14)25(48)18(15)26(49)36(59)30(21)53;1-10(2,3)13(11(4,5)6)12(7,8)9/h7-13H,1-6H3;1-9H3/q-1;/p+1. The highest BCUT2D eigenvalue weighted by molar-refractivity contribution is 7.62. The molecule has 82 heavy (non-hydrogen) atoms. The highest BCUT2D eigenvalue weighted by atomic mass is 31.1. The zero-order valence-corrected chi connectivity index (χ0v) is 48.5. The summed E-state index contributed by atoms with van der Waals surface area (Å²) in [5, 5.41) is -11.0. The molecule has 7 rings (SSSR count). The van der Waals surface area contributed by atoms with Crippen LogP contribution in [-0.2, 0) is 0 Å². The predicted octanol–water partition coefficient (Wildman–Crippen LogP) is 17.6. The van der Waals surface area contributed by atoms with Crippen molar-refractivity contribution in [3.8, 4) is 5.75 Å². The van der Waals surface area contributed by atoms with Crippen LogP contribution in [0.25, 0.3) is 32.3 Å². The SMILES string of the molecule is CC(C)(C)[PH+](C(C)(C)C)C(C)(C)C.CC(C)[Si](Oc1c(F)c(F)c2c(F)c(F)c(F)c([B-](c3c(F)c(F)c(F)c(F)c3F)(c3c(F)c(F)c(F)c(F)c3F)c3c(F)c(F)c(F)c4c(F)c5c(F)cccc5cc34)c2c1F)(C(C)C)C(C)C. The summed E-state index contributed by atoms with van der Waals surface area (Å²) < 4.78 is 349. The fourth-order valence-corrected chi connectivity index (χ4v) is 25.4. The summed E-state index contributed by atoms with van der Waals surface area (Å²) in [6.07, 6.45) is -7.18. The fraction of sp³-hybridized carbons (Fsp3) is 0.368. The van der Waals surface area contributed by atoms with E-state index in [0.29, 0.717) is 33.7 Å². The number of benzene rings is 7. The second-order valence-corrected chi connectivity index (χ2v) is 34.7. The molecule has 0 unspecified atom stereocenters. The minimum atomic E-state index is -7.18. The summed E-state index contributed by atoms with van der Waals surface area (Å²) in [6, 6.07) is 1.64. The molecule has 0 aliphatic rings. The molecule has 0 radical (unpaired) electrons. The Morgan fingerprint density at radius 1 is 0.354 bits per heavy atom. The molecular weight excluding hydrogens is 1170 g/mol.